The molecular formula is C15H12BrCl2NO2. The van der Waals surface area contributed by atoms with E-state index < -0.39 is 6.10 Å². The fourth-order valence-corrected chi connectivity index (χ4v) is 2.48. The lowest BCUT2D eigenvalue weighted by molar-refractivity contribution is -0.122. The van der Waals surface area contributed by atoms with E-state index in [0.29, 0.717) is 21.5 Å². The van der Waals surface area contributed by atoms with E-state index in [-0.39, 0.29) is 5.91 Å². The zero-order chi connectivity index (χ0) is 15.4. The van der Waals surface area contributed by atoms with Crippen LogP contribution < -0.4 is 10.1 Å². The summed E-state index contributed by atoms with van der Waals surface area (Å²) in [4.78, 5) is 12.1. The third kappa shape index (κ3) is 4.63. The molecule has 2 aromatic rings. The number of amides is 1. The molecule has 0 saturated heterocycles. The minimum atomic E-state index is -0.692. The predicted molar refractivity (Wildman–Crippen MR) is 89.3 cm³/mol. The normalized spacial score (nSPS) is 11.8. The van der Waals surface area contributed by atoms with Gasteiger partial charge in [-0.2, -0.15) is 0 Å². The monoisotopic (exact) mass is 387 g/mol. The molecule has 6 heteroatoms. The fraction of sp³-hybridized carbons (Fsp3) is 0.133. The summed E-state index contributed by atoms with van der Waals surface area (Å²) in [6.45, 7) is 1.65. The quantitative estimate of drug-likeness (QED) is 0.785. The molecular weight excluding hydrogens is 377 g/mol. The molecule has 3 nitrogen and oxygen atoms in total. The number of rotatable bonds is 4. The summed E-state index contributed by atoms with van der Waals surface area (Å²) in [5, 5.41) is 3.65. The lowest BCUT2D eigenvalue weighted by Gasteiger charge is -2.16. The van der Waals surface area contributed by atoms with Crippen molar-refractivity contribution in [2.75, 3.05) is 5.32 Å². The van der Waals surface area contributed by atoms with Crippen LogP contribution in [0.3, 0.4) is 0 Å². The molecule has 0 aromatic heterocycles. The number of benzene rings is 2. The Labute approximate surface area is 141 Å². The summed E-state index contributed by atoms with van der Waals surface area (Å²) in [5.41, 5.74) is 0.687. The van der Waals surface area contributed by atoms with Crippen molar-refractivity contribution >= 4 is 50.7 Å². The molecule has 21 heavy (non-hydrogen) atoms. The van der Waals surface area contributed by atoms with Gasteiger partial charge in [-0.05, 0) is 43.3 Å². The molecule has 0 radical (unpaired) electrons. The summed E-state index contributed by atoms with van der Waals surface area (Å²) in [7, 11) is 0. The van der Waals surface area contributed by atoms with Gasteiger partial charge >= 0.3 is 0 Å². The van der Waals surface area contributed by atoms with E-state index in [1.807, 2.05) is 12.1 Å². The molecule has 2 rings (SSSR count). The molecule has 0 bridgehead atoms. The lowest BCUT2D eigenvalue weighted by atomic mass is 10.3. The second-order valence-corrected chi connectivity index (χ2v) is 6.09. The van der Waals surface area contributed by atoms with Crippen LogP contribution in [0.5, 0.6) is 5.75 Å². The maximum atomic E-state index is 12.1. The van der Waals surface area contributed by atoms with Crippen LogP contribution in [-0.2, 0) is 4.79 Å². The van der Waals surface area contributed by atoms with E-state index in [9.17, 15) is 4.79 Å². The summed E-state index contributed by atoms with van der Waals surface area (Å²) in [6, 6.07) is 12.2. The van der Waals surface area contributed by atoms with Gasteiger partial charge in [0, 0.05) is 15.2 Å². The zero-order valence-corrected chi connectivity index (χ0v) is 14.2. The predicted octanol–water partition coefficient (Wildman–Crippen LogP) is 5.16. The first-order chi connectivity index (χ1) is 9.95. The van der Waals surface area contributed by atoms with E-state index in [1.165, 1.54) is 0 Å². The summed E-state index contributed by atoms with van der Waals surface area (Å²) >= 11 is 15.2. The van der Waals surface area contributed by atoms with Crippen LogP contribution in [0.2, 0.25) is 10.0 Å². The Kier molecular flexibility index (Phi) is 5.51. The smallest absolute Gasteiger partial charge is 0.265 e. The van der Waals surface area contributed by atoms with E-state index in [0.717, 1.165) is 4.47 Å². The van der Waals surface area contributed by atoms with E-state index >= 15 is 0 Å². The average molecular weight is 389 g/mol. The molecule has 1 atom stereocenters. The highest BCUT2D eigenvalue weighted by molar-refractivity contribution is 9.10. The lowest BCUT2D eigenvalue weighted by Crippen LogP contribution is -2.30. The zero-order valence-electron chi connectivity index (χ0n) is 11.1. The van der Waals surface area contributed by atoms with Crippen LogP contribution in [0.15, 0.2) is 46.9 Å². The first-order valence-electron chi connectivity index (χ1n) is 6.14. The van der Waals surface area contributed by atoms with Crippen molar-refractivity contribution in [3.05, 3.63) is 57.0 Å². The maximum absolute atomic E-state index is 12.1. The van der Waals surface area contributed by atoms with Gasteiger partial charge in [0.15, 0.2) is 6.10 Å². The van der Waals surface area contributed by atoms with Gasteiger partial charge in [-0.1, -0.05) is 45.2 Å². The van der Waals surface area contributed by atoms with Crippen molar-refractivity contribution < 1.29 is 9.53 Å². The molecule has 0 saturated carbocycles. The molecule has 0 aliphatic carbocycles. The molecule has 0 unspecified atom stereocenters. The van der Waals surface area contributed by atoms with Gasteiger partial charge < -0.3 is 10.1 Å². The van der Waals surface area contributed by atoms with E-state index in [2.05, 4.69) is 21.2 Å². The van der Waals surface area contributed by atoms with Crippen LogP contribution in [0.4, 0.5) is 5.69 Å². The van der Waals surface area contributed by atoms with Crippen molar-refractivity contribution in [3.8, 4) is 5.75 Å². The van der Waals surface area contributed by atoms with Crippen molar-refractivity contribution in [1.29, 1.82) is 0 Å². The largest absolute Gasteiger partial charge is 0.479 e. The van der Waals surface area contributed by atoms with Crippen molar-refractivity contribution in [2.24, 2.45) is 0 Å². The number of ether oxygens (including phenoxy) is 1. The van der Waals surface area contributed by atoms with Gasteiger partial charge in [0.05, 0.1) is 5.02 Å². The fourth-order valence-electron chi connectivity index (χ4n) is 1.62. The first kappa shape index (κ1) is 16.1. The Morgan fingerprint density at radius 1 is 1.24 bits per heavy atom. The summed E-state index contributed by atoms with van der Waals surface area (Å²) in [6.07, 6.45) is -0.692. The second-order valence-electron chi connectivity index (χ2n) is 4.33. The van der Waals surface area contributed by atoms with Crippen LogP contribution >= 0.6 is 39.1 Å². The minimum absolute atomic E-state index is 0.265. The molecule has 1 N–H and O–H groups in total. The van der Waals surface area contributed by atoms with Gasteiger partial charge in [-0.3, -0.25) is 4.79 Å². The first-order valence-corrected chi connectivity index (χ1v) is 7.69. The van der Waals surface area contributed by atoms with Crippen LogP contribution in [0.1, 0.15) is 6.92 Å². The number of anilines is 1. The van der Waals surface area contributed by atoms with Crippen molar-refractivity contribution in [3.63, 3.8) is 0 Å². The molecule has 0 fully saturated rings. The van der Waals surface area contributed by atoms with Crippen molar-refractivity contribution in [2.45, 2.75) is 13.0 Å². The molecule has 0 spiro atoms. The highest BCUT2D eigenvalue weighted by Crippen LogP contribution is 2.28. The number of halogens is 3. The minimum Gasteiger partial charge on any atom is -0.479 e. The Balaban J connectivity index is 2.02. The molecule has 0 aliphatic heterocycles. The van der Waals surface area contributed by atoms with Crippen molar-refractivity contribution in [1.82, 2.24) is 0 Å². The molecule has 0 aliphatic rings. The number of hydrogen-bond donors (Lipinski definition) is 1. The van der Waals surface area contributed by atoms with Gasteiger partial charge in [0.25, 0.3) is 5.91 Å². The molecule has 1 amide bonds. The number of nitrogens with one attached hydrogen (secondary N) is 1. The Morgan fingerprint density at radius 2 is 2.00 bits per heavy atom. The Hall–Kier alpha value is -1.23. The topological polar surface area (TPSA) is 38.3 Å². The standard InChI is InChI=1S/C15H12BrCl2NO2/c1-9(21-14-6-5-11(17)8-13(14)18)15(20)19-12-4-2-3-10(16)7-12/h2-9H,1H3,(H,19,20)/t9-/m1/s1. The van der Waals surface area contributed by atoms with E-state index in [1.54, 1.807) is 37.3 Å². The number of carbonyl (C=O) groups excluding carboxylic acids is 1. The van der Waals surface area contributed by atoms with E-state index in [4.69, 9.17) is 27.9 Å². The van der Waals surface area contributed by atoms with Crippen LogP contribution in [0.25, 0.3) is 0 Å². The van der Waals surface area contributed by atoms with Gasteiger partial charge in [0.1, 0.15) is 5.75 Å². The molecule has 2 aromatic carbocycles. The average Bonchev–Trinajstić information content (AvgIpc) is 2.41. The maximum Gasteiger partial charge on any atom is 0.265 e. The SMILES string of the molecule is C[C@@H](Oc1ccc(Cl)cc1Cl)C(=O)Nc1cccc(Br)c1. The number of hydrogen-bond acceptors (Lipinski definition) is 2. The Bertz CT molecular complexity index is 664. The second kappa shape index (κ2) is 7.16. The summed E-state index contributed by atoms with van der Waals surface area (Å²) in [5.74, 6) is 0.150. The highest BCUT2D eigenvalue weighted by Gasteiger charge is 2.16. The number of carbonyl (C=O) groups is 1. The third-order valence-corrected chi connectivity index (χ3v) is 3.68. The summed E-state index contributed by atoms with van der Waals surface area (Å²) < 4.78 is 6.43. The van der Waals surface area contributed by atoms with Gasteiger partial charge in [0.2, 0.25) is 0 Å². The van der Waals surface area contributed by atoms with Crippen LogP contribution in [-0.4, -0.2) is 12.0 Å². The molecule has 110 valence electrons. The Morgan fingerprint density at radius 3 is 2.67 bits per heavy atom. The van der Waals surface area contributed by atoms with Gasteiger partial charge in [-0.25, -0.2) is 0 Å². The van der Waals surface area contributed by atoms with Crippen LogP contribution in [0, 0.1) is 0 Å². The third-order valence-electron chi connectivity index (χ3n) is 2.66. The van der Waals surface area contributed by atoms with Gasteiger partial charge in [-0.15, -0.1) is 0 Å². The molecule has 0 heterocycles. The highest BCUT2D eigenvalue weighted by atomic mass is 79.9.